The zero-order chi connectivity index (χ0) is 23.5. The number of nitrogens with zero attached hydrogens (tertiary/aromatic N) is 1. The summed E-state index contributed by atoms with van der Waals surface area (Å²) in [7, 11) is 0. The minimum absolute atomic E-state index is 0.163. The van der Waals surface area contributed by atoms with E-state index in [0.717, 1.165) is 24.8 Å². The molecule has 0 saturated carbocycles. The summed E-state index contributed by atoms with van der Waals surface area (Å²) in [5, 5.41) is 11.4. The largest absolute Gasteiger partial charge is 0.417 e. The van der Waals surface area contributed by atoms with Crippen LogP contribution in [0.25, 0.3) is 0 Å². The van der Waals surface area contributed by atoms with Gasteiger partial charge in [0.05, 0.1) is 22.9 Å². The van der Waals surface area contributed by atoms with Crippen LogP contribution in [0.4, 0.5) is 32.0 Å². The molecule has 0 aliphatic rings. The summed E-state index contributed by atoms with van der Waals surface area (Å²) in [4.78, 5) is 12.8. The van der Waals surface area contributed by atoms with E-state index in [2.05, 4.69) is 5.32 Å². The highest BCUT2D eigenvalue weighted by atomic mass is 32.2. The molecule has 0 aliphatic heterocycles. The van der Waals surface area contributed by atoms with Gasteiger partial charge in [-0.05, 0) is 25.5 Å². The minimum Gasteiger partial charge on any atom is -0.323 e. The van der Waals surface area contributed by atoms with Crippen molar-refractivity contribution in [3.63, 3.8) is 0 Å². The van der Waals surface area contributed by atoms with Crippen LogP contribution in [0, 0.1) is 11.3 Å². The third-order valence-electron chi connectivity index (χ3n) is 3.94. The molecule has 1 atom stereocenters. The average molecular weight is 456 g/mol. The second-order valence-corrected chi connectivity index (χ2v) is 9.63. The molecular weight excluding hydrogens is 434 g/mol. The molecule has 5 nitrogen and oxygen atoms in total. The molecule has 4 N–H and O–H groups in total. The number of alkyl halides is 6. The molecule has 1 unspecified atom stereocenters. The van der Waals surface area contributed by atoms with Gasteiger partial charge in [-0.3, -0.25) is 10.6 Å². The molecule has 0 heterocycles. The third-order valence-corrected chi connectivity index (χ3v) is 5.11. The number of carbonyl (C=O) groups excluding carboxylic acids is 1. The first-order chi connectivity index (χ1) is 13.4. The van der Waals surface area contributed by atoms with Gasteiger partial charge in [-0.1, -0.05) is 20.8 Å². The van der Waals surface area contributed by atoms with Gasteiger partial charge in [-0.15, -0.1) is 11.8 Å². The van der Waals surface area contributed by atoms with Crippen molar-refractivity contribution in [1.82, 2.24) is 5.43 Å². The molecule has 12 heteroatoms. The van der Waals surface area contributed by atoms with Crippen molar-refractivity contribution in [2.75, 3.05) is 5.32 Å². The van der Waals surface area contributed by atoms with Crippen molar-refractivity contribution in [2.45, 2.75) is 68.1 Å². The van der Waals surface area contributed by atoms with Gasteiger partial charge in [-0.2, -0.15) is 31.6 Å². The van der Waals surface area contributed by atoms with Crippen LogP contribution < -0.4 is 16.6 Å². The van der Waals surface area contributed by atoms with Crippen LogP contribution in [0.1, 0.15) is 51.7 Å². The summed E-state index contributed by atoms with van der Waals surface area (Å²) in [5.41, 5.74) is -2.07. The highest BCUT2D eigenvalue weighted by Crippen LogP contribution is 2.42. The predicted molar refractivity (Wildman–Crippen MR) is 101 cm³/mol. The van der Waals surface area contributed by atoms with Crippen LogP contribution >= 0.6 is 11.8 Å². The summed E-state index contributed by atoms with van der Waals surface area (Å²) in [6, 6.07) is 3.08. The Morgan fingerprint density at radius 3 is 2.07 bits per heavy atom. The molecule has 1 aromatic rings. The molecule has 30 heavy (non-hydrogen) atoms. The molecule has 168 valence electrons. The van der Waals surface area contributed by atoms with Crippen molar-refractivity contribution >= 4 is 23.4 Å². The Hall–Kier alpha value is -1.97. The quantitative estimate of drug-likeness (QED) is 0.243. The van der Waals surface area contributed by atoms with Crippen LogP contribution in [-0.2, 0) is 11.0 Å². The molecule has 0 aliphatic carbocycles. The number of nitriles is 1. The van der Waals surface area contributed by atoms with Crippen molar-refractivity contribution in [3.8, 4) is 6.07 Å². The Morgan fingerprint density at radius 2 is 1.67 bits per heavy atom. The van der Waals surface area contributed by atoms with Gasteiger partial charge in [-0.25, -0.2) is 5.43 Å². The fraction of sp³-hybridized carbons (Fsp3) is 0.556. The number of halogens is 6. The first-order valence-electron chi connectivity index (χ1n) is 8.62. The number of carbonyl (C=O) groups is 1. The number of hydrazine groups is 1. The number of hydrogen-bond donors (Lipinski definition) is 3. The number of rotatable bonds is 6. The van der Waals surface area contributed by atoms with Gasteiger partial charge in [0.2, 0.25) is 5.91 Å². The lowest BCUT2D eigenvalue weighted by Gasteiger charge is -2.29. The average Bonchev–Trinajstić information content (AvgIpc) is 2.57. The topological polar surface area (TPSA) is 90.9 Å². The number of amides is 1. The Kier molecular flexibility index (Phi) is 7.85. The fourth-order valence-corrected chi connectivity index (χ4v) is 3.38. The van der Waals surface area contributed by atoms with E-state index in [1.54, 1.807) is 20.8 Å². The van der Waals surface area contributed by atoms with Crippen molar-refractivity contribution in [3.05, 3.63) is 23.3 Å². The summed E-state index contributed by atoms with van der Waals surface area (Å²) >= 11 is 1.09. The summed E-state index contributed by atoms with van der Waals surface area (Å²) in [6.07, 6.45) is -11.5. The molecule has 1 aromatic carbocycles. The number of thioether (sulfide) groups is 1. The minimum atomic E-state index is -4.87. The van der Waals surface area contributed by atoms with Crippen LogP contribution in [0.3, 0.4) is 0 Å². The molecule has 0 spiro atoms. The van der Waals surface area contributed by atoms with Gasteiger partial charge in [0, 0.05) is 16.1 Å². The standard InChI is InChI=1S/C18H22F6N4OS/c1-15(2,3)30-13-7-10(9-25)11(18(22,23)24)8-12(13)27-14(29)16(4,28-26)5-6-17(19,20)21/h7-8,28H,5-6,26H2,1-4H3,(H,27,29). The van der Waals surface area contributed by atoms with E-state index < -0.39 is 52.5 Å². The zero-order valence-corrected chi connectivity index (χ0v) is 17.5. The fourth-order valence-electron chi connectivity index (χ4n) is 2.32. The van der Waals surface area contributed by atoms with E-state index >= 15 is 0 Å². The van der Waals surface area contributed by atoms with E-state index in [9.17, 15) is 31.1 Å². The Bertz CT molecular complexity index is 826. The van der Waals surface area contributed by atoms with E-state index in [1.807, 2.05) is 5.43 Å². The number of benzene rings is 1. The lowest BCUT2D eigenvalue weighted by atomic mass is 9.95. The Balaban J connectivity index is 3.42. The number of nitrogens with two attached hydrogens (primary N) is 1. The van der Waals surface area contributed by atoms with Gasteiger partial charge < -0.3 is 5.32 Å². The molecule has 0 saturated heterocycles. The van der Waals surface area contributed by atoms with Crippen molar-refractivity contribution in [1.29, 1.82) is 5.26 Å². The second kappa shape index (κ2) is 9.03. The van der Waals surface area contributed by atoms with Gasteiger partial charge in [0.15, 0.2) is 0 Å². The monoisotopic (exact) mass is 456 g/mol. The number of anilines is 1. The lowest BCUT2D eigenvalue weighted by Crippen LogP contribution is -2.56. The smallest absolute Gasteiger partial charge is 0.323 e. The maximum atomic E-state index is 13.3. The van der Waals surface area contributed by atoms with Gasteiger partial charge in [0.25, 0.3) is 0 Å². The van der Waals surface area contributed by atoms with E-state index in [4.69, 9.17) is 11.1 Å². The second-order valence-electron chi connectivity index (χ2n) is 7.76. The molecule has 0 radical (unpaired) electrons. The molecule has 1 rings (SSSR count). The Labute approximate surface area is 174 Å². The third kappa shape index (κ3) is 7.37. The van der Waals surface area contributed by atoms with Crippen molar-refractivity contribution < 1.29 is 31.1 Å². The highest BCUT2D eigenvalue weighted by Gasteiger charge is 2.39. The molecule has 0 aromatic heterocycles. The Morgan fingerprint density at radius 1 is 1.10 bits per heavy atom. The summed E-state index contributed by atoms with van der Waals surface area (Å²) in [6.45, 7) is 6.41. The van der Waals surface area contributed by atoms with E-state index in [-0.39, 0.29) is 10.6 Å². The van der Waals surface area contributed by atoms with Crippen LogP contribution in [0.2, 0.25) is 0 Å². The maximum absolute atomic E-state index is 13.3. The summed E-state index contributed by atoms with van der Waals surface area (Å²) in [5.74, 6) is 4.23. The van der Waals surface area contributed by atoms with Crippen LogP contribution in [0.15, 0.2) is 17.0 Å². The van der Waals surface area contributed by atoms with Gasteiger partial charge in [0.1, 0.15) is 5.54 Å². The van der Waals surface area contributed by atoms with Crippen molar-refractivity contribution in [2.24, 2.45) is 5.84 Å². The first-order valence-corrected chi connectivity index (χ1v) is 9.44. The molecular formula is C18H22F6N4OS. The number of hydrogen-bond acceptors (Lipinski definition) is 5. The highest BCUT2D eigenvalue weighted by molar-refractivity contribution is 8.00. The van der Waals surface area contributed by atoms with E-state index in [1.165, 1.54) is 6.07 Å². The zero-order valence-electron chi connectivity index (χ0n) is 16.7. The SMILES string of the molecule is CC(C)(C)Sc1cc(C#N)c(C(F)(F)F)cc1NC(=O)C(C)(CCC(F)(F)F)NN. The van der Waals surface area contributed by atoms with Crippen LogP contribution in [0.5, 0.6) is 0 Å². The normalized spacial score (nSPS) is 14.7. The summed E-state index contributed by atoms with van der Waals surface area (Å²) < 4.78 is 77.2. The molecule has 0 bridgehead atoms. The molecule has 0 fully saturated rings. The number of nitrogens with one attached hydrogen (secondary N) is 2. The maximum Gasteiger partial charge on any atom is 0.417 e. The molecule has 1 amide bonds. The predicted octanol–water partition coefficient (Wildman–Crippen LogP) is 4.97. The van der Waals surface area contributed by atoms with Gasteiger partial charge >= 0.3 is 12.4 Å². The van der Waals surface area contributed by atoms with E-state index in [0.29, 0.717) is 6.07 Å². The lowest BCUT2D eigenvalue weighted by molar-refractivity contribution is -0.142. The first kappa shape index (κ1) is 26.1. The van der Waals surface area contributed by atoms with Crippen LogP contribution in [-0.4, -0.2) is 22.4 Å².